The Hall–Kier alpha value is -2.24. The first-order valence-corrected chi connectivity index (χ1v) is 8.47. The van der Waals surface area contributed by atoms with Gasteiger partial charge in [-0.3, -0.25) is 0 Å². The minimum absolute atomic E-state index is 0.119. The highest BCUT2D eigenvalue weighted by Gasteiger charge is 2.20. The van der Waals surface area contributed by atoms with Gasteiger partial charge >= 0.3 is 5.97 Å². The van der Waals surface area contributed by atoms with Gasteiger partial charge in [0.25, 0.3) is 0 Å². The summed E-state index contributed by atoms with van der Waals surface area (Å²) in [6, 6.07) is 8.42. The van der Waals surface area contributed by atoms with Gasteiger partial charge in [-0.2, -0.15) is 0 Å². The molecule has 136 valence electrons. The fraction of sp³-hybridized carbons (Fsp3) is 0.211. The Morgan fingerprint density at radius 1 is 1.12 bits per heavy atom. The molecular formula is C19H15Cl2FO4. The molecule has 0 fully saturated rings. The van der Waals surface area contributed by atoms with Crippen LogP contribution in [0.4, 0.5) is 4.39 Å². The van der Waals surface area contributed by atoms with Crippen molar-refractivity contribution in [3.05, 3.63) is 58.0 Å². The third kappa shape index (κ3) is 4.11. The van der Waals surface area contributed by atoms with Crippen molar-refractivity contribution in [2.45, 2.75) is 26.4 Å². The smallest absolute Gasteiger partial charge is 0.340 e. The van der Waals surface area contributed by atoms with Gasteiger partial charge in [-0.1, -0.05) is 11.6 Å². The molecular weight excluding hydrogens is 382 g/mol. The van der Waals surface area contributed by atoms with Crippen LogP contribution < -0.4 is 4.74 Å². The predicted molar refractivity (Wildman–Crippen MR) is 97.9 cm³/mol. The molecule has 0 spiro atoms. The second-order valence-electron chi connectivity index (χ2n) is 6.62. The van der Waals surface area contributed by atoms with Gasteiger partial charge in [0, 0.05) is 23.6 Å². The Bertz CT molecular complexity index is 989. The van der Waals surface area contributed by atoms with Gasteiger partial charge < -0.3 is 13.9 Å². The summed E-state index contributed by atoms with van der Waals surface area (Å²) in [7, 11) is 0. The predicted octanol–water partition coefficient (Wildman–Crippen LogP) is 6.63. The van der Waals surface area contributed by atoms with E-state index in [1.54, 1.807) is 20.8 Å². The Morgan fingerprint density at radius 3 is 2.50 bits per heavy atom. The number of carbonyl (C=O) groups is 1. The van der Waals surface area contributed by atoms with E-state index in [2.05, 4.69) is 0 Å². The first-order valence-electron chi connectivity index (χ1n) is 7.72. The largest absolute Gasteiger partial charge is 0.456 e. The standard InChI is InChI=1S/C19H15Cl2FO4/c1-19(2,3)26-18(23)13-5-4-12(9-14(13)20)24-15-8-11(22)6-10-7-16(21)25-17(10)15/h4-9H,1-3H3. The summed E-state index contributed by atoms with van der Waals surface area (Å²) < 4.78 is 30.1. The van der Waals surface area contributed by atoms with Gasteiger partial charge in [0.1, 0.15) is 17.2 Å². The molecule has 3 aromatic rings. The van der Waals surface area contributed by atoms with E-state index in [0.717, 1.165) is 0 Å². The molecule has 1 aromatic heterocycles. The number of furan rings is 1. The van der Waals surface area contributed by atoms with Gasteiger partial charge in [0.15, 0.2) is 16.6 Å². The second-order valence-corrected chi connectivity index (χ2v) is 7.40. The molecule has 2 aromatic carbocycles. The van der Waals surface area contributed by atoms with E-state index in [1.165, 1.54) is 36.4 Å². The number of esters is 1. The van der Waals surface area contributed by atoms with E-state index in [9.17, 15) is 9.18 Å². The lowest BCUT2D eigenvalue weighted by molar-refractivity contribution is 0.00697. The lowest BCUT2D eigenvalue weighted by atomic mass is 10.1. The number of rotatable bonds is 3. The Labute approximate surface area is 159 Å². The van der Waals surface area contributed by atoms with Gasteiger partial charge in [-0.25, -0.2) is 9.18 Å². The summed E-state index contributed by atoms with van der Waals surface area (Å²) in [6.45, 7) is 5.29. The van der Waals surface area contributed by atoms with Gasteiger partial charge in [-0.15, -0.1) is 0 Å². The fourth-order valence-corrected chi connectivity index (χ4v) is 2.76. The van der Waals surface area contributed by atoms with E-state index in [-0.39, 0.29) is 21.6 Å². The molecule has 0 N–H and O–H groups in total. The van der Waals surface area contributed by atoms with Crippen molar-refractivity contribution in [2.75, 3.05) is 0 Å². The van der Waals surface area contributed by atoms with Crippen molar-refractivity contribution < 1.29 is 23.1 Å². The molecule has 0 unspecified atom stereocenters. The number of halogens is 3. The molecule has 0 aliphatic heterocycles. The normalized spacial score (nSPS) is 11.6. The number of ether oxygens (including phenoxy) is 2. The number of benzene rings is 2. The van der Waals surface area contributed by atoms with E-state index in [0.29, 0.717) is 16.7 Å². The maximum absolute atomic E-state index is 13.8. The molecule has 3 rings (SSSR count). The van der Waals surface area contributed by atoms with Crippen LogP contribution in [0.3, 0.4) is 0 Å². The van der Waals surface area contributed by atoms with Gasteiger partial charge in [0.2, 0.25) is 0 Å². The quantitative estimate of drug-likeness (QED) is 0.466. The minimum atomic E-state index is -0.638. The lowest BCUT2D eigenvalue weighted by Crippen LogP contribution is -2.24. The Morgan fingerprint density at radius 2 is 1.85 bits per heavy atom. The van der Waals surface area contributed by atoms with Gasteiger partial charge in [-0.05, 0) is 50.6 Å². The van der Waals surface area contributed by atoms with Crippen molar-refractivity contribution in [3.8, 4) is 11.5 Å². The average molecular weight is 397 g/mol. The average Bonchev–Trinajstić information content (AvgIpc) is 2.85. The second kappa shape index (κ2) is 6.82. The molecule has 0 radical (unpaired) electrons. The molecule has 0 aliphatic rings. The van der Waals surface area contributed by atoms with Crippen molar-refractivity contribution in [3.63, 3.8) is 0 Å². The van der Waals surface area contributed by atoms with E-state index < -0.39 is 17.4 Å². The van der Waals surface area contributed by atoms with Crippen LogP contribution in [0, 0.1) is 5.82 Å². The number of fused-ring (bicyclic) bond motifs is 1. The van der Waals surface area contributed by atoms with Crippen LogP contribution in [0.25, 0.3) is 11.0 Å². The number of hydrogen-bond acceptors (Lipinski definition) is 4. The third-order valence-corrected chi connectivity index (χ3v) is 3.80. The summed E-state index contributed by atoms with van der Waals surface area (Å²) in [5, 5.41) is 0.747. The van der Waals surface area contributed by atoms with E-state index >= 15 is 0 Å². The topological polar surface area (TPSA) is 48.7 Å². The van der Waals surface area contributed by atoms with E-state index in [4.69, 9.17) is 37.1 Å². The number of hydrogen-bond donors (Lipinski definition) is 0. The summed E-state index contributed by atoms with van der Waals surface area (Å²) in [5.41, 5.74) is -0.121. The summed E-state index contributed by atoms with van der Waals surface area (Å²) in [4.78, 5) is 12.1. The lowest BCUT2D eigenvalue weighted by Gasteiger charge is -2.20. The molecule has 7 heteroatoms. The first kappa shape index (κ1) is 18.5. The summed E-state index contributed by atoms with van der Waals surface area (Å²) in [6.07, 6.45) is 0. The summed E-state index contributed by atoms with van der Waals surface area (Å²) >= 11 is 12.0. The molecule has 0 saturated carbocycles. The zero-order valence-corrected chi connectivity index (χ0v) is 15.7. The zero-order chi connectivity index (χ0) is 19.1. The van der Waals surface area contributed by atoms with Crippen molar-refractivity contribution >= 4 is 40.1 Å². The third-order valence-electron chi connectivity index (χ3n) is 3.30. The molecule has 0 atom stereocenters. The van der Waals surface area contributed by atoms with Crippen LogP contribution in [-0.2, 0) is 4.74 Å². The van der Waals surface area contributed by atoms with Crippen molar-refractivity contribution in [1.29, 1.82) is 0 Å². The zero-order valence-electron chi connectivity index (χ0n) is 14.2. The first-order chi connectivity index (χ1) is 12.1. The number of carbonyl (C=O) groups excluding carboxylic acids is 1. The van der Waals surface area contributed by atoms with Crippen LogP contribution in [0.5, 0.6) is 11.5 Å². The highest BCUT2D eigenvalue weighted by Crippen LogP contribution is 2.36. The maximum Gasteiger partial charge on any atom is 0.340 e. The molecule has 0 bridgehead atoms. The monoisotopic (exact) mass is 396 g/mol. The Balaban J connectivity index is 1.90. The van der Waals surface area contributed by atoms with Crippen molar-refractivity contribution in [1.82, 2.24) is 0 Å². The van der Waals surface area contributed by atoms with Crippen LogP contribution in [0.15, 0.2) is 40.8 Å². The molecule has 0 saturated heterocycles. The van der Waals surface area contributed by atoms with E-state index in [1.807, 2.05) is 0 Å². The summed E-state index contributed by atoms with van der Waals surface area (Å²) in [5.74, 6) is -0.587. The van der Waals surface area contributed by atoms with Crippen LogP contribution >= 0.6 is 23.2 Å². The molecule has 26 heavy (non-hydrogen) atoms. The minimum Gasteiger partial charge on any atom is -0.456 e. The Kier molecular flexibility index (Phi) is 4.86. The highest BCUT2D eigenvalue weighted by atomic mass is 35.5. The molecule has 0 aliphatic carbocycles. The molecule has 0 amide bonds. The highest BCUT2D eigenvalue weighted by molar-refractivity contribution is 6.33. The molecule has 4 nitrogen and oxygen atoms in total. The SMILES string of the molecule is CC(C)(C)OC(=O)c1ccc(Oc2cc(F)cc3cc(Cl)oc23)cc1Cl. The van der Waals surface area contributed by atoms with Crippen LogP contribution in [-0.4, -0.2) is 11.6 Å². The molecule has 1 heterocycles. The van der Waals surface area contributed by atoms with Crippen molar-refractivity contribution in [2.24, 2.45) is 0 Å². The van der Waals surface area contributed by atoms with Gasteiger partial charge in [0.05, 0.1) is 10.6 Å². The van der Waals surface area contributed by atoms with Crippen LogP contribution in [0.2, 0.25) is 10.2 Å². The maximum atomic E-state index is 13.8. The fourth-order valence-electron chi connectivity index (χ4n) is 2.32. The van der Waals surface area contributed by atoms with Crippen LogP contribution in [0.1, 0.15) is 31.1 Å².